The molecule has 0 atom stereocenters. The second-order valence-electron chi connectivity index (χ2n) is 5.17. The molecule has 0 saturated carbocycles. The summed E-state index contributed by atoms with van der Waals surface area (Å²) in [5.41, 5.74) is 0.211. The summed E-state index contributed by atoms with van der Waals surface area (Å²) in [5.74, 6) is -0.630. The van der Waals surface area contributed by atoms with Crippen LogP contribution in [-0.2, 0) is 4.74 Å². The molecule has 2 N–H and O–H groups in total. The summed E-state index contributed by atoms with van der Waals surface area (Å²) in [7, 11) is 1.52. The minimum atomic E-state index is -0.630. The minimum absolute atomic E-state index is 0.0433. The zero-order valence-electron chi connectivity index (χ0n) is 13.8. The first-order valence-corrected chi connectivity index (χ1v) is 7.49. The van der Waals surface area contributed by atoms with Gasteiger partial charge in [-0.15, -0.1) is 0 Å². The van der Waals surface area contributed by atoms with Gasteiger partial charge in [-0.25, -0.2) is 0 Å². The topological polar surface area (TPSA) is 137 Å². The standard InChI is InChI=1S/C16H16N4O6/c1-26-8-7-17-15-6-5-13(20(24)25)10-14(15)16(21)18-11-3-2-4-12(9-11)19(22)23/h2-6,9-10,17H,7-8H2,1H3,(H,18,21). The number of carbonyl (C=O) groups excluding carboxylic acids is 1. The Bertz CT molecular complexity index is 839. The fourth-order valence-electron chi connectivity index (χ4n) is 2.17. The molecule has 0 bridgehead atoms. The summed E-state index contributed by atoms with van der Waals surface area (Å²) in [6.07, 6.45) is 0. The number of ether oxygens (including phenoxy) is 1. The van der Waals surface area contributed by atoms with E-state index >= 15 is 0 Å². The van der Waals surface area contributed by atoms with Crippen molar-refractivity contribution in [1.82, 2.24) is 0 Å². The molecule has 0 aliphatic rings. The van der Waals surface area contributed by atoms with E-state index in [1.54, 1.807) is 0 Å². The van der Waals surface area contributed by atoms with Crippen molar-refractivity contribution >= 4 is 28.7 Å². The predicted molar refractivity (Wildman–Crippen MR) is 94.5 cm³/mol. The highest BCUT2D eigenvalue weighted by Gasteiger charge is 2.17. The molecule has 0 saturated heterocycles. The van der Waals surface area contributed by atoms with Crippen LogP contribution in [0.25, 0.3) is 0 Å². The summed E-state index contributed by atoms with van der Waals surface area (Å²) >= 11 is 0. The van der Waals surface area contributed by atoms with Crippen molar-refractivity contribution in [3.63, 3.8) is 0 Å². The molecule has 2 rings (SSSR count). The van der Waals surface area contributed by atoms with Gasteiger partial charge in [0.05, 0.1) is 22.0 Å². The van der Waals surface area contributed by atoms with Crippen molar-refractivity contribution in [2.45, 2.75) is 0 Å². The van der Waals surface area contributed by atoms with Crippen LogP contribution in [0.15, 0.2) is 42.5 Å². The number of non-ortho nitro benzene ring substituents is 2. The van der Waals surface area contributed by atoms with E-state index in [2.05, 4.69) is 10.6 Å². The van der Waals surface area contributed by atoms with E-state index in [4.69, 9.17) is 4.74 Å². The van der Waals surface area contributed by atoms with Crippen molar-refractivity contribution in [1.29, 1.82) is 0 Å². The first kappa shape index (κ1) is 18.8. The van der Waals surface area contributed by atoms with Crippen LogP contribution in [0.1, 0.15) is 10.4 Å². The number of rotatable bonds is 8. The Morgan fingerprint density at radius 2 is 1.77 bits per heavy atom. The van der Waals surface area contributed by atoms with Gasteiger partial charge >= 0.3 is 0 Å². The molecule has 136 valence electrons. The Kier molecular flexibility index (Phi) is 6.17. The second kappa shape index (κ2) is 8.53. The highest BCUT2D eigenvalue weighted by Crippen LogP contribution is 2.24. The number of nitrogens with zero attached hydrogens (tertiary/aromatic N) is 2. The van der Waals surface area contributed by atoms with Gasteiger partial charge in [0, 0.05) is 49.3 Å². The Hall–Kier alpha value is -3.53. The van der Waals surface area contributed by atoms with Gasteiger partial charge in [-0.3, -0.25) is 25.0 Å². The maximum atomic E-state index is 12.5. The van der Waals surface area contributed by atoms with Crippen LogP contribution >= 0.6 is 0 Å². The molecule has 0 radical (unpaired) electrons. The maximum absolute atomic E-state index is 12.5. The van der Waals surface area contributed by atoms with Gasteiger partial charge in [0.1, 0.15) is 0 Å². The monoisotopic (exact) mass is 360 g/mol. The molecule has 26 heavy (non-hydrogen) atoms. The van der Waals surface area contributed by atoms with Gasteiger partial charge in [0.25, 0.3) is 17.3 Å². The average molecular weight is 360 g/mol. The Labute approximate surface area is 148 Å². The molecule has 0 spiro atoms. The molecule has 0 aliphatic carbocycles. The fourth-order valence-corrected chi connectivity index (χ4v) is 2.17. The number of anilines is 2. The molecular weight excluding hydrogens is 344 g/mol. The number of hydrogen-bond donors (Lipinski definition) is 2. The highest BCUT2D eigenvalue weighted by atomic mass is 16.6. The normalized spacial score (nSPS) is 10.2. The lowest BCUT2D eigenvalue weighted by molar-refractivity contribution is -0.385. The zero-order chi connectivity index (χ0) is 19.1. The molecule has 10 nitrogen and oxygen atoms in total. The molecular formula is C16H16N4O6. The fraction of sp³-hybridized carbons (Fsp3) is 0.188. The minimum Gasteiger partial charge on any atom is -0.383 e. The van der Waals surface area contributed by atoms with Gasteiger partial charge < -0.3 is 15.4 Å². The summed E-state index contributed by atoms with van der Waals surface area (Å²) < 4.78 is 4.92. The van der Waals surface area contributed by atoms with Crippen LogP contribution < -0.4 is 10.6 Å². The number of nitro benzene ring substituents is 2. The molecule has 10 heteroatoms. The third-order valence-electron chi connectivity index (χ3n) is 3.40. The number of methoxy groups -OCH3 is 1. The lowest BCUT2D eigenvalue weighted by Gasteiger charge is -2.12. The number of nitrogens with one attached hydrogen (secondary N) is 2. The molecule has 0 fully saturated rings. The van der Waals surface area contributed by atoms with Crippen LogP contribution in [0.4, 0.5) is 22.7 Å². The van der Waals surface area contributed by atoms with E-state index in [-0.39, 0.29) is 22.6 Å². The smallest absolute Gasteiger partial charge is 0.271 e. The van der Waals surface area contributed by atoms with Gasteiger partial charge in [-0.05, 0) is 12.1 Å². The van der Waals surface area contributed by atoms with Crippen molar-refractivity contribution in [3.8, 4) is 0 Å². The molecule has 1 amide bonds. The van der Waals surface area contributed by atoms with E-state index in [1.165, 1.54) is 43.5 Å². The van der Waals surface area contributed by atoms with Gasteiger partial charge in [0.15, 0.2) is 0 Å². The first-order chi connectivity index (χ1) is 12.4. The first-order valence-electron chi connectivity index (χ1n) is 7.49. The van der Waals surface area contributed by atoms with Crippen LogP contribution in [0, 0.1) is 20.2 Å². The largest absolute Gasteiger partial charge is 0.383 e. The number of nitro groups is 2. The Morgan fingerprint density at radius 1 is 1.08 bits per heavy atom. The number of amides is 1. The van der Waals surface area contributed by atoms with E-state index < -0.39 is 15.8 Å². The predicted octanol–water partition coefficient (Wildman–Crippen LogP) is 2.81. The van der Waals surface area contributed by atoms with Crippen LogP contribution in [0.3, 0.4) is 0 Å². The molecule has 0 heterocycles. The molecule has 0 unspecified atom stereocenters. The highest BCUT2D eigenvalue weighted by molar-refractivity contribution is 6.08. The summed E-state index contributed by atoms with van der Waals surface area (Å²) in [6.45, 7) is 0.772. The quantitative estimate of drug-likeness (QED) is 0.419. The van der Waals surface area contributed by atoms with Crippen molar-refractivity contribution < 1.29 is 19.4 Å². The Balaban J connectivity index is 2.30. The van der Waals surface area contributed by atoms with E-state index in [1.807, 2.05) is 0 Å². The van der Waals surface area contributed by atoms with Crippen molar-refractivity contribution in [3.05, 3.63) is 68.3 Å². The lowest BCUT2D eigenvalue weighted by atomic mass is 10.1. The summed E-state index contributed by atoms with van der Waals surface area (Å²) in [6, 6.07) is 9.25. The van der Waals surface area contributed by atoms with Crippen LogP contribution in [0.2, 0.25) is 0 Å². The van der Waals surface area contributed by atoms with E-state index in [9.17, 15) is 25.0 Å². The Morgan fingerprint density at radius 3 is 2.42 bits per heavy atom. The maximum Gasteiger partial charge on any atom is 0.271 e. The second-order valence-corrected chi connectivity index (χ2v) is 5.17. The molecule has 0 aromatic heterocycles. The van der Waals surface area contributed by atoms with E-state index in [0.717, 1.165) is 6.07 Å². The zero-order valence-corrected chi connectivity index (χ0v) is 13.8. The summed E-state index contributed by atoms with van der Waals surface area (Å²) in [5, 5.41) is 27.3. The average Bonchev–Trinajstić information content (AvgIpc) is 2.62. The van der Waals surface area contributed by atoms with Crippen LogP contribution in [-0.4, -0.2) is 36.0 Å². The summed E-state index contributed by atoms with van der Waals surface area (Å²) in [4.78, 5) is 33.2. The third-order valence-corrected chi connectivity index (χ3v) is 3.40. The van der Waals surface area contributed by atoms with Gasteiger partial charge in [-0.1, -0.05) is 6.07 Å². The molecule has 0 aliphatic heterocycles. The molecule has 2 aromatic carbocycles. The van der Waals surface area contributed by atoms with Gasteiger partial charge in [-0.2, -0.15) is 0 Å². The van der Waals surface area contributed by atoms with Crippen molar-refractivity contribution in [2.24, 2.45) is 0 Å². The lowest BCUT2D eigenvalue weighted by Crippen LogP contribution is -2.17. The van der Waals surface area contributed by atoms with E-state index in [0.29, 0.717) is 18.8 Å². The number of carbonyl (C=O) groups is 1. The van der Waals surface area contributed by atoms with Crippen molar-refractivity contribution in [2.75, 3.05) is 30.9 Å². The van der Waals surface area contributed by atoms with Gasteiger partial charge in [0.2, 0.25) is 0 Å². The van der Waals surface area contributed by atoms with Crippen LogP contribution in [0.5, 0.6) is 0 Å². The third kappa shape index (κ3) is 4.74. The number of benzene rings is 2. The molecule has 2 aromatic rings. The number of hydrogen-bond acceptors (Lipinski definition) is 7. The SMILES string of the molecule is COCCNc1ccc([N+](=O)[O-])cc1C(=O)Nc1cccc([N+](=O)[O-])c1.